The van der Waals surface area contributed by atoms with Crippen molar-refractivity contribution in [3.05, 3.63) is 58.6 Å². The van der Waals surface area contributed by atoms with Gasteiger partial charge in [0.1, 0.15) is 6.61 Å². The molecule has 3 nitrogen and oxygen atoms in total. The normalized spacial score (nSPS) is 15.1. The van der Waals surface area contributed by atoms with Crippen molar-refractivity contribution < 1.29 is 9.47 Å². The van der Waals surface area contributed by atoms with Crippen LogP contribution in [-0.2, 0) is 13.2 Å². The van der Waals surface area contributed by atoms with Gasteiger partial charge >= 0.3 is 0 Å². The first-order valence-corrected chi connectivity index (χ1v) is 11.0. The molecule has 1 aliphatic rings. The van der Waals surface area contributed by atoms with Crippen LogP contribution in [0.15, 0.2) is 42.5 Å². The fourth-order valence-electron chi connectivity index (χ4n) is 3.81. The van der Waals surface area contributed by atoms with Gasteiger partial charge in [0.05, 0.1) is 6.61 Å². The van der Waals surface area contributed by atoms with Gasteiger partial charge in [0, 0.05) is 28.7 Å². The molecule has 0 unspecified atom stereocenters. The van der Waals surface area contributed by atoms with Gasteiger partial charge in [-0.2, -0.15) is 0 Å². The molecule has 2 aromatic rings. The average molecular weight is 438 g/mol. The van der Waals surface area contributed by atoms with Gasteiger partial charge in [-0.25, -0.2) is 0 Å². The Labute approximate surface area is 186 Å². The third-order valence-electron chi connectivity index (χ3n) is 5.38. The number of hydrogen-bond donors (Lipinski definition) is 1. The summed E-state index contributed by atoms with van der Waals surface area (Å²) < 4.78 is 12.1. The molecule has 0 heterocycles. The molecule has 0 aromatic heterocycles. The lowest BCUT2D eigenvalue weighted by Gasteiger charge is -2.22. The molecular formula is C24H33Cl2NO2. The molecule has 0 atom stereocenters. The second-order valence-corrected chi connectivity index (χ2v) is 7.89. The molecule has 1 aliphatic carbocycles. The minimum absolute atomic E-state index is 0. The number of ether oxygens (including phenoxy) is 2. The predicted molar refractivity (Wildman–Crippen MR) is 124 cm³/mol. The Kier molecular flexibility index (Phi) is 10.7. The fourth-order valence-corrected chi connectivity index (χ4v) is 4.00. The minimum Gasteiger partial charge on any atom is -0.490 e. The van der Waals surface area contributed by atoms with E-state index in [0.29, 0.717) is 19.3 Å². The maximum Gasteiger partial charge on any atom is 0.166 e. The van der Waals surface area contributed by atoms with E-state index < -0.39 is 0 Å². The Morgan fingerprint density at radius 1 is 0.897 bits per heavy atom. The van der Waals surface area contributed by atoms with Crippen LogP contribution in [0, 0.1) is 0 Å². The molecule has 1 fully saturated rings. The highest BCUT2D eigenvalue weighted by atomic mass is 35.5. The molecule has 0 amide bonds. The summed E-state index contributed by atoms with van der Waals surface area (Å²) in [5, 5.41) is 4.49. The Morgan fingerprint density at radius 2 is 1.59 bits per heavy atom. The summed E-state index contributed by atoms with van der Waals surface area (Å²) in [5.41, 5.74) is 2.12. The molecule has 160 valence electrons. The van der Waals surface area contributed by atoms with Crippen molar-refractivity contribution in [2.24, 2.45) is 0 Å². The number of halogens is 2. The Bertz CT molecular complexity index is 731. The zero-order chi connectivity index (χ0) is 19.6. The van der Waals surface area contributed by atoms with E-state index in [0.717, 1.165) is 34.2 Å². The smallest absolute Gasteiger partial charge is 0.166 e. The summed E-state index contributed by atoms with van der Waals surface area (Å²) in [7, 11) is 0. The van der Waals surface area contributed by atoms with Gasteiger partial charge in [0.15, 0.2) is 11.5 Å². The van der Waals surface area contributed by atoms with E-state index in [4.69, 9.17) is 21.1 Å². The highest BCUT2D eigenvalue weighted by molar-refractivity contribution is 6.31. The van der Waals surface area contributed by atoms with E-state index in [2.05, 4.69) is 11.4 Å². The summed E-state index contributed by atoms with van der Waals surface area (Å²) in [6.07, 6.45) is 9.30. The van der Waals surface area contributed by atoms with E-state index in [1.54, 1.807) is 0 Å². The van der Waals surface area contributed by atoms with Gasteiger partial charge in [-0.3, -0.25) is 0 Å². The molecule has 0 saturated heterocycles. The molecule has 0 radical (unpaired) electrons. The van der Waals surface area contributed by atoms with Gasteiger partial charge in [-0.15, -0.1) is 12.4 Å². The van der Waals surface area contributed by atoms with Gasteiger partial charge in [-0.05, 0) is 31.9 Å². The summed E-state index contributed by atoms with van der Waals surface area (Å²) in [5.74, 6) is 1.62. The van der Waals surface area contributed by atoms with Crippen LogP contribution in [0.3, 0.4) is 0 Å². The maximum absolute atomic E-state index is 6.30. The van der Waals surface area contributed by atoms with E-state index in [1.807, 2.05) is 43.3 Å². The Hall–Kier alpha value is -1.42. The largest absolute Gasteiger partial charge is 0.490 e. The monoisotopic (exact) mass is 437 g/mol. The van der Waals surface area contributed by atoms with Crippen LogP contribution in [0.25, 0.3) is 0 Å². The zero-order valence-corrected chi connectivity index (χ0v) is 18.9. The van der Waals surface area contributed by atoms with Crippen molar-refractivity contribution in [3.8, 4) is 11.5 Å². The second-order valence-electron chi connectivity index (χ2n) is 7.48. The van der Waals surface area contributed by atoms with Crippen LogP contribution in [0.1, 0.15) is 63.0 Å². The minimum atomic E-state index is 0. The molecule has 29 heavy (non-hydrogen) atoms. The Balaban J connectivity index is 0.00000300. The lowest BCUT2D eigenvalue weighted by molar-refractivity contribution is 0.265. The van der Waals surface area contributed by atoms with Crippen molar-refractivity contribution in [1.29, 1.82) is 0 Å². The van der Waals surface area contributed by atoms with Crippen LogP contribution in [0.5, 0.6) is 11.5 Å². The summed E-state index contributed by atoms with van der Waals surface area (Å²) >= 11 is 6.30. The zero-order valence-electron chi connectivity index (χ0n) is 17.3. The molecule has 1 N–H and O–H groups in total. The molecule has 0 spiro atoms. The van der Waals surface area contributed by atoms with Crippen LogP contribution < -0.4 is 14.8 Å². The van der Waals surface area contributed by atoms with Crippen molar-refractivity contribution in [2.45, 2.75) is 71.1 Å². The van der Waals surface area contributed by atoms with Gasteiger partial charge in [0.2, 0.25) is 0 Å². The highest BCUT2D eigenvalue weighted by Gasteiger charge is 2.15. The molecule has 3 rings (SSSR count). The van der Waals surface area contributed by atoms with Crippen LogP contribution in [0.2, 0.25) is 5.02 Å². The molecule has 5 heteroatoms. The first kappa shape index (κ1) is 23.9. The van der Waals surface area contributed by atoms with Crippen molar-refractivity contribution in [2.75, 3.05) is 6.61 Å². The number of nitrogens with one attached hydrogen (secondary N) is 1. The Morgan fingerprint density at radius 3 is 2.31 bits per heavy atom. The molecule has 0 aliphatic heterocycles. The lowest BCUT2D eigenvalue weighted by atomic mass is 9.96. The highest BCUT2D eigenvalue weighted by Crippen LogP contribution is 2.33. The summed E-state index contributed by atoms with van der Waals surface area (Å²) in [4.78, 5) is 0. The first-order chi connectivity index (χ1) is 13.8. The van der Waals surface area contributed by atoms with Crippen LogP contribution in [0.4, 0.5) is 0 Å². The van der Waals surface area contributed by atoms with Crippen molar-refractivity contribution in [1.82, 2.24) is 5.32 Å². The van der Waals surface area contributed by atoms with Gasteiger partial charge in [0.25, 0.3) is 0 Å². The molecule has 1 saturated carbocycles. The third-order valence-corrected chi connectivity index (χ3v) is 5.75. The van der Waals surface area contributed by atoms with E-state index in [9.17, 15) is 0 Å². The quantitative estimate of drug-likeness (QED) is 0.484. The number of rotatable bonds is 8. The average Bonchev–Trinajstić information content (AvgIpc) is 2.68. The summed E-state index contributed by atoms with van der Waals surface area (Å²) in [6.45, 7) is 3.84. The van der Waals surface area contributed by atoms with Crippen LogP contribution >= 0.6 is 24.0 Å². The third kappa shape index (κ3) is 7.40. The van der Waals surface area contributed by atoms with Gasteiger partial charge in [-0.1, -0.05) is 74.0 Å². The molecular weight excluding hydrogens is 405 g/mol. The van der Waals surface area contributed by atoms with E-state index in [-0.39, 0.29) is 12.4 Å². The number of benzene rings is 2. The predicted octanol–water partition coefficient (Wildman–Crippen LogP) is 6.94. The first-order valence-electron chi connectivity index (χ1n) is 10.6. The fraction of sp³-hybridized carbons (Fsp3) is 0.500. The summed E-state index contributed by atoms with van der Waals surface area (Å²) in [6, 6.07) is 14.5. The SMILES string of the molecule is CCOc1cccc(CNC2CCCCCCC2)c1OCc1ccccc1Cl.Cl. The van der Waals surface area contributed by atoms with Crippen molar-refractivity contribution >= 4 is 24.0 Å². The van der Waals surface area contributed by atoms with Crippen molar-refractivity contribution in [3.63, 3.8) is 0 Å². The number of hydrogen-bond acceptors (Lipinski definition) is 3. The van der Waals surface area contributed by atoms with Gasteiger partial charge < -0.3 is 14.8 Å². The maximum atomic E-state index is 6.30. The molecule has 0 bridgehead atoms. The number of para-hydroxylation sites is 1. The standard InChI is InChI=1S/C24H32ClNO2.ClH/c1-2-27-23-16-10-12-19(17-26-21-13-6-4-3-5-7-14-21)24(23)28-18-20-11-8-9-15-22(20)25;/h8-12,15-16,21,26H,2-7,13-14,17-18H2,1H3;1H. The lowest BCUT2D eigenvalue weighted by Crippen LogP contribution is -2.29. The second kappa shape index (κ2) is 13.0. The molecule has 2 aromatic carbocycles. The van der Waals surface area contributed by atoms with E-state index in [1.165, 1.54) is 44.9 Å². The topological polar surface area (TPSA) is 30.5 Å². The van der Waals surface area contributed by atoms with E-state index >= 15 is 0 Å². The van der Waals surface area contributed by atoms with Crippen LogP contribution in [-0.4, -0.2) is 12.6 Å².